The Labute approximate surface area is 105 Å². The van der Waals surface area contributed by atoms with E-state index in [9.17, 15) is 9.59 Å². The summed E-state index contributed by atoms with van der Waals surface area (Å²) in [7, 11) is 3.37. The zero-order chi connectivity index (χ0) is 13.0. The van der Waals surface area contributed by atoms with Crippen LogP contribution in [-0.4, -0.2) is 34.5 Å². The summed E-state index contributed by atoms with van der Waals surface area (Å²) >= 11 is 5.71. The Morgan fingerprint density at radius 1 is 1.53 bits per heavy atom. The summed E-state index contributed by atoms with van der Waals surface area (Å²) in [4.78, 5) is 28.8. The largest absolute Gasteiger partial charge is 0.349 e. The SMILES string of the molecule is CCc1nc(Cl)cc(=O)n1CCC(=O)N(C)C. The molecule has 5 nitrogen and oxygen atoms in total. The molecular weight excluding hydrogens is 242 g/mol. The van der Waals surface area contributed by atoms with Crippen molar-refractivity contribution in [1.29, 1.82) is 0 Å². The van der Waals surface area contributed by atoms with E-state index in [-0.39, 0.29) is 23.0 Å². The van der Waals surface area contributed by atoms with Gasteiger partial charge in [0, 0.05) is 39.5 Å². The third-order valence-electron chi connectivity index (χ3n) is 2.42. The number of amides is 1. The molecule has 0 radical (unpaired) electrons. The van der Waals surface area contributed by atoms with E-state index in [4.69, 9.17) is 11.6 Å². The van der Waals surface area contributed by atoms with Crippen LogP contribution in [0.2, 0.25) is 5.15 Å². The van der Waals surface area contributed by atoms with Gasteiger partial charge in [0.1, 0.15) is 11.0 Å². The van der Waals surface area contributed by atoms with Gasteiger partial charge >= 0.3 is 0 Å². The van der Waals surface area contributed by atoms with Crippen LogP contribution in [0.3, 0.4) is 0 Å². The lowest BCUT2D eigenvalue weighted by Gasteiger charge is -2.13. The van der Waals surface area contributed by atoms with E-state index in [1.807, 2.05) is 6.92 Å². The molecular formula is C11H16ClN3O2. The Hall–Kier alpha value is -1.36. The molecule has 0 spiro atoms. The minimum absolute atomic E-state index is 0.0195. The predicted molar refractivity (Wildman–Crippen MR) is 66.2 cm³/mol. The Morgan fingerprint density at radius 3 is 2.71 bits per heavy atom. The van der Waals surface area contributed by atoms with E-state index in [1.165, 1.54) is 15.5 Å². The van der Waals surface area contributed by atoms with Gasteiger partial charge in [0.25, 0.3) is 5.56 Å². The molecule has 0 saturated heterocycles. The molecule has 1 amide bonds. The summed E-state index contributed by atoms with van der Waals surface area (Å²) in [5.41, 5.74) is -0.214. The van der Waals surface area contributed by atoms with Crippen molar-refractivity contribution >= 4 is 17.5 Å². The molecule has 0 bridgehead atoms. The molecule has 0 unspecified atom stereocenters. The number of hydrogen-bond donors (Lipinski definition) is 0. The highest BCUT2D eigenvalue weighted by Crippen LogP contribution is 2.04. The summed E-state index contributed by atoms with van der Waals surface area (Å²) in [5.74, 6) is 0.586. The fraction of sp³-hybridized carbons (Fsp3) is 0.545. The average molecular weight is 258 g/mol. The first-order valence-corrected chi connectivity index (χ1v) is 5.80. The molecule has 0 aromatic carbocycles. The van der Waals surface area contributed by atoms with Crippen LogP contribution in [0.1, 0.15) is 19.2 Å². The molecule has 0 aliphatic carbocycles. The van der Waals surface area contributed by atoms with Crippen LogP contribution in [0.15, 0.2) is 10.9 Å². The molecule has 0 aliphatic heterocycles. The second-order valence-corrected chi connectivity index (χ2v) is 4.26. The molecule has 1 aromatic rings. The van der Waals surface area contributed by atoms with E-state index in [1.54, 1.807) is 14.1 Å². The van der Waals surface area contributed by atoms with E-state index < -0.39 is 0 Å². The highest BCUT2D eigenvalue weighted by molar-refractivity contribution is 6.29. The number of aromatic nitrogens is 2. The van der Waals surface area contributed by atoms with Gasteiger partial charge in [-0.3, -0.25) is 14.2 Å². The van der Waals surface area contributed by atoms with Gasteiger partial charge in [-0.2, -0.15) is 0 Å². The van der Waals surface area contributed by atoms with E-state index >= 15 is 0 Å². The van der Waals surface area contributed by atoms with Crippen LogP contribution in [0.25, 0.3) is 0 Å². The number of rotatable bonds is 4. The van der Waals surface area contributed by atoms with Gasteiger partial charge in [0.15, 0.2) is 0 Å². The number of halogens is 1. The molecule has 1 aromatic heterocycles. The van der Waals surface area contributed by atoms with Gasteiger partial charge in [-0.1, -0.05) is 18.5 Å². The summed E-state index contributed by atoms with van der Waals surface area (Å²) in [6, 6.07) is 1.26. The third kappa shape index (κ3) is 3.56. The van der Waals surface area contributed by atoms with Crippen molar-refractivity contribution in [3.63, 3.8) is 0 Å². The molecule has 0 atom stereocenters. The summed E-state index contributed by atoms with van der Waals surface area (Å²) in [5, 5.41) is 0.196. The summed E-state index contributed by atoms with van der Waals surface area (Å²) in [6.45, 7) is 2.23. The van der Waals surface area contributed by atoms with Crippen molar-refractivity contribution in [3.05, 3.63) is 27.4 Å². The van der Waals surface area contributed by atoms with Crippen LogP contribution < -0.4 is 5.56 Å². The van der Waals surface area contributed by atoms with Crippen LogP contribution in [0.4, 0.5) is 0 Å². The molecule has 6 heteroatoms. The molecule has 1 rings (SSSR count). The van der Waals surface area contributed by atoms with Gasteiger partial charge in [-0.15, -0.1) is 0 Å². The lowest BCUT2D eigenvalue weighted by Crippen LogP contribution is -2.28. The van der Waals surface area contributed by atoms with E-state index in [2.05, 4.69) is 4.98 Å². The number of aryl methyl sites for hydroxylation is 1. The number of nitrogens with zero attached hydrogens (tertiary/aromatic N) is 3. The molecule has 94 valence electrons. The highest BCUT2D eigenvalue weighted by Gasteiger charge is 2.09. The Kier molecular flexibility index (Phi) is 4.69. The number of carbonyl (C=O) groups excluding carboxylic acids is 1. The fourth-order valence-corrected chi connectivity index (χ4v) is 1.65. The third-order valence-corrected chi connectivity index (χ3v) is 2.61. The lowest BCUT2D eigenvalue weighted by molar-refractivity contribution is -0.128. The molecule has 17 heavy (non-hydrogen) atoms. The van der Waals surface area contributed by atoms with Crippen LogP contribution >= 0.6 is 11.6 Å². The summed E-state index contributed by atoms with van der Waals surface area (Å²) < 4.78 is 1.49. The Balaban J connectivity index is 2.91. The molecule has 1 heterocycles. The quantitative estimate of drug-likeness (QED) is 0.755. The van der Waals surface area contributed by atoms with Crippen molar-refractivity contribution in [1.82, 2.24) is 14.5 Å². The first-order valence-electron chi connectivity index (χ1n) is 5.42. The zero-order valence-corrected chi connectivity index (χ0v) is 11.0. The second-order valence-electron chi connectivity index (χ2n) is 3.88. The minimum atomic E-state index is -0.214. The molecule has 0 fully saturated rings. The van der Waals surface area contributed by atoms with Gasteiger partial charge in [-0.25, -0.2) is 4.98 Å². The number of carbonyl (C=O) groups is 1. The van der Waals surface area contributed by atoms with Crippen molar-refractivity contribution in [2.45, 2.75) is 26.3 Å². The molecule has 0 aliphatic rings. The lowest BCUT2D eigenvalue weighted by atomic mass is 10.3. The van der Waals surface area contributed by atoms with Crippen molar-refractivity contribution in [2.75, 3.05) is 14.1 Å². The highest BCUT2D eigenvalue weighted by atomic mass is 35.5. The van der Waals surface area contributed by atoms with Crippen molar-refractivity contribution in [3.8, 4) is 0 Å². The van der Waals surface area contributed by atoms with Crippen LogP contribution in [0, 0.1) is 0 Å². The minimum Gasteiger partial charge on any atom is -0.349 e. The summed E-state index contributed by atoms with van der Waals surface area (Å²) in [6.07, 6.45) is 0.884. The van der Waals surface area contributed by atoms with Gasteiger partial charge in [-0.05, 0) is 0 Å². The zero-order valence-electron chi connectivity index (χ0n) is 10.2. The van der Waals surface area contributed by atoms with Gasteiger partial charge in [0.05, 0.1) is 0 Å². The Bertz CT molecular complexity index is 468. The van der Waals surface area contributed by atoms with Crippen LogP contribution in [-0.2, 0) is 17.8 Å². The Morgan fingerprint density at radius 2 is 2.18 bits per heavy atom. The van der Waals surface area contributed by atoms with Crippen LogP contribution in [0.5, 0.6) is 0 Å². The first-order chi connectivity index (χ1) is 7.95. The monoisotopic (exact) mass is 257 g/mol. The second kappa shape index (κ2) is 5.82. The standard InChI is InChI=1S/C11H16ClN3O2/c1-4-9-13-8(12)7-11(17)15(9)6-5-10(16)14(2)3/h7H,4-6H2,1-3H3. The van der Waals surface area contributed by atoms with E-state index in [0.717, 1.165) is 0 Å². The predicted octanol–water partition coefficient (Wildman–Crippen LogP) is 0.937. The van der Waals surface area contributed by atoms with Crippen molar-refractivity contribution < 1.29 is 4.79 Å². The average Bonchev–Trinajstić information content (AvgIpc) is 2.26. The van der Waals surface area contributed by atoms with E-state index in [0.29, 0.717) is 18.8 Å². The maximum atomic E-state index is 11.7. The fourth-order valence-electron chi connectivity index (χ4n) is 1.46. The number of hydrogen-bond acceptors (Lipinski definition) is 3. The normalized spacial score (nSPS) is 10.4. The molecule has 0 saturated carbocycles. The molecule has 0 N–H and O–H groups in total. The van der Waals surface area contributed by atoms with Gasteiger partial charge < -0.3 is 4.90 Å². The topological polar surface area (TPSA) is 55.2 Å². The maximum absolute atomic E-state index is 11.7. The maximum Gasteiger partial charge on any atom is 0.254 e. The van der Waals surface area contributed by atoms with Crippen molar-refractivity contribution in [2.24, 2.45) is 0 Å². The smallest absolute Gasteiger partial charge is 0.254 e. The first kappa shape index (κ1) is 13.7. The van der Waals surface area contributed by atoms with Gasteiger partial charge in [0.2, 0.25) is 5.91 Å².